The molecule has 3 rings (SSSR count). The lowest BCUT2D eigenvalue weighted by Crippen LogP contribution is -2.25. The van der Waals surface area contributed by atoms with Crippen LogP contribution >= 0.6 is 22.9 Å². The second-order valence-corrected chi connectivity index (χ2v) is 12.4. The van der Waals surface area contributed by atoms with Crippen LogP contribution in [0.5, 0.6) is 0 Å². The molecule has 7 nitrogen and oxygen atoms in total. The van der Waals surface area contributed by atoms with Gasteiger partial charge in [-0.1, -0.05) is 11.6 Å². The quantitative estimate of drug-likeness (QED) is 0.356. The highest BCUT2D eigenvalue weighted by Crippen LogP contribution is 2.44. The first-order chi connectivity index (χ1) is 14.7. The zero-order valence-corrected chi connectivity index (χ0v) is 21.2. The van der Waals surface area contributed by atoms with E-state index in [9.17, 15) is 22.0 Å². The molecule has 0 amide bonds. The predicted octanol–water partition coefficient (Wildman–Crippen LogP) is 5.50. The summed E-state index contributed by atoms with van der Waals surface area (Å²) < 4.78 is 54.9. The van der Waals surface area contributed by atoms with Crippen molar-refractivity contribution in [2.75, 3.05) is 10.6 Å². The zero-order valence-electron chi connectivity index (χ0n) is 18.0. The predicted molar refractivity (Wildman–Crippen MR) is 129 cm³/mol. The number of carbonyl (C=O) groups is 1. The van der Waals surface area contributed by atoms with Gasteiger partial charge in [-0.3, -0.25) is 4.55 Å². The van der Waals surface area contributed by atoms with Crippen LogP contribution in [-0.2, 0) is 25.8 Å². The molecule has 0 saturated heterocycles. The fourth-order valence-corrected chi connectivity index (χ4v) is 6.21. The molecule has 1 heterocycles. The summed E-state index contributed by atoms with van der Waals surface area (Å²) in [6.45, 7) is 6.86. The highest BCUT2D eigenvalue weighted by atomic mass is 35.5. The average Bonchev–Trinajstić information content (AvgIpc) is 2.95. The molecule has 1 N–H and O–H groups in total. The van der Waals surface area contributed by atoms with E-state index in [0.29, 0.717) is 15.6 Å². The standard InChI is InChI=1S/C21H22ClNO6S3/c1-12-15-11-14(22)7-9-17(15)30-19(12)23(31(25)26)16-8-6-13(10-18(16)32(5,27)28)20(24)29-21(2,3)4/h6-11H,1-5H3,(H,25,26). The van der Waals surface area contributed by atoms with Crippen molar-refractivity contribution in [2.45, 2.75) is 38.2 Å². The monoisotopic (exact) mass is 515 g/mol. The number of carbonyl (C=O) groups excluding carboxylic acids is 1. The number of benzene rings is 2. The Morgan fingerprint density at radius 3 is 2.41 bits per heavy atom. The van der Waals surface area contributed by atoms with Crippen molar-refractivity contribution in [2.24, 2.45) is 0 Å². The number of aryl methyl sites for hydroxylation is 1. The third-order valence-corrected chi connectivity index (χ3v) is 7.85. The molecule has 3 aromatic rings. The van der Waals surface area contributed by atoms with Crippen LogP contribution in [0, 0.1) is 6.92 Å². The van der Waals surface area contributed by atoms with Gasteiger partial charge in [-0.05, 0) is 75.0 Å². The highest BCUT2D eigenvalue weighted by molar-refractivity contribution is 7.91. The maximum absolute atomic E-state index is 12.6. The summed E-state index contributed by atoms with van der Waals surface area (Å²) in [6.07, 6.45) is 0.973. The summed E-state index contributed by atoms with van der Waals surface area (Å²) in [5, 5.41) is 1.69. The molecule has 0 spiro atoms. The summed E-state index contributed by atoms with van der Waals surface area (Å²) in [6, 6.07) is 9.12. The molecule has 0 fully saturated rings. The molecule has 0 aliphatic heterocycles. The number of anilines is 2. The summed E-state index contributed by atoms with van der Waals surface area (Å²) in [7, 11) is -3.88. The van der Waals surface area contributed by atoms with E-state index in [1.807, 2.05) is 0 Å². The number of thiophene rings is 1. The van der Waals surface area contributed by atoms with Crippen molar-refractivity contribution >= 4 is 70.8 Å². The topological polar surface area (TPSA) is 101 Å². The molecule has 172 valence electrons. The normalized spacial score (nSPS) is 13.2. The van der Waals surface area contributed by atoms with E-state index >= 15 is 0 Å². The summed E-state index contributed by atoms with van der Waals surface area (Å²) >= 11 is 4.73. The molecule has 0 radical (unpaired) electrons. The minimum absolute atomic E-state index is 0.0209. The lowest BCUT2D eigenvalue weighted by Gasteiger charge is -2.23. The van der Waals surface area contributed by atoms with E-state index in [4.69, 9.17) is 16.3 Å². The molecule has 1 aromatic heterocycles. The first-order valence-corrected chi connectivity index (χ1v) is 13.5. The lowest BCUT2D eigenvalue weighted by molar-refractivity contribution is 0.00692. The van der Waals surface area contributed by atoms with Crippen LogP contribution in [0.4, 0.5) is 10.7 Å². The van der Waals surface area contributed by atoms with E-state index in [0.717, 1.165) is 26.7 Å². The molecular formula is C21H22ClNO6S3. The van der Waals surface area contributed by atoms with E-state index in [1.165, 1.54) is 23.5 Å². The number of sulfone groups is 1. The Labute approximate surface area is 198 Å². The Morgan fingerprint density at radius 1 is 1.19 bits per heavy atom. The SMILES string of the molecule is Cc1c(N(c2ccc(C(=O)OC(C)(C)C)cc2S(C)(=O)=O)S(=O)O)sc2ccc(Cl)cc12. The maximum atomic E-state index is 12.6. The van der Waals surface area contributed by atoms with Crippen molar-refractivity contribution in [3.8, 4) is 0 Å². The maximum Gasteiger partial charge on any atom is 0.338 e. The summed E-state index contributed by atoms with van der Waals surface area (Å²) in [4.78, 5) is 12.2. The van der Waals surface area contributed by atoms with Gasteiger partial charge in [0.1, 0.15) is 10.6 Å². The number of hydrogen-bond donors (Lipinski definition) is 1. The van der Waals surface area contributed by atoms with Crippen molar-refractivity contribution < 1.29 is 26.7 Å². The number of esters is 1. The van der Waals surface area contributed by atoms with Crippen molar-refractivity contribution in [1.29, 1.82) is 0 Å². The van der Waals surface area contributed by atoms with Gasteiger partial charge in [-0.25, -0.2) is 21.7 Å². The second-order valence-electron chi connectivity index (χ2n) is 8.15. The van der Waals surface area contributed by atoms with Gasteiger partial charge in [0.05, 0.1) is 16.1 Å². The van der Waals surface area contributed by atoms with E-state index in [-0.39, 0.29) is 16.1 Å². The first kappa shape index (κ1) is 24.7. The zero-order chi connectivity index (χ0) is 24.0. The van der Waals surface area contributed by atoms with E-state index < -0.39 is 32.7 Å². The molecule has 0 aliphatic rings. The second kappa shape index (κ2) is 8.75. The Kier molecular flexibility index (Phi) is 6.74. The van der Waals surface area contributed by atoms with Crippen LogP contribution < -0.4 is 4.31 Å². The molecule has 11 heteroatoms. The minimum atomic E-state index is -3.88. The van der Waals surface area contributed by atoms with Crippen molar-refractivity contribution in [3.63, 3.8) is 0 Å². The Morgan fingerprint density at radius 2 is 1.84 bits per heavy atom. The number of hydrogen-bond acceptors (Lipinski definition) is 6. The molecule has 0 saturated carbocycles. The fraction of sp³-hybridized carbons (Fsp3) is 0.286. The van der Waals surface area contributed by atoms with Gasteiger partial charge < -0.3 is 4.74 Å². The van der Waals surface area contributed by atoms with Gasteiger partial charge in [0.2, 0.25) is 0 Å². The Bertz CT molecular complexity index is 1340. The van der Waals surface area contributed by atoms with Crippen LogP contribution in [-0.4, -0.2) is 35.0 Å². The molecule has 1 atom stereocenters. The summed E-state index contributed by atoms with van der Waals surface area (Å²) in [5.41, 5.74) is -0.102. The van der Waals surface area contributed by atoms with Crippen LogP contribution in [0.15, 0.2) is 41.3 Å². The molecule has 0 aliphatic carbocycles. The molecule has 32 heavy (non-hydrogen) atoms. The lowest BCUT2D eigenvalue weighted by atomic mass is 10.1. The molecule has 1 unspecified atom stereocenters. The molecule has 2 aromatic carbocycles. The summed E-state index contributed by atoms with van der Waals surface area (Å²) in [5.74, 6) is -0.696. The van der Waals surface area contributed by atoms with Crippen molar-refractivity contribution in [1.82, 2.24) is 0 Å². The number of halogens is 1. The van der Waals surface area contributed by atoms with Crippen LogP contribution in [0.1, 0.15) is 36.7 Å². The van der Waals surface area contributed by atoms with Gasteiger partial charge >= 0.3 is 5.97 Å². The smallest absolute Gasteiger partial charge is 0.338 e. The third kappa shape index (κ3) is 5.15. The largest absolute Gasteiger partial charge is 0.456 e. The van der Waals surface area contributed by atoms with Gasteiger partial charge in [0.25, 0.3) is 11.3 Å². The molecular weight excluding hydrogens is 494 g/mol. The average molecular weight is 516 g/mol. The van der Waals surface area contributed by atoms with Crippen LogP contribution in [0.25, 0.3) is 10.1 Å². The number of rotatable bonds is 5. The molecule has 0 bridgehead atoms. The van der Waals surface area contributed by atoms with Gasteiger partial charge in [-0.2, -0.15) is 0 Å². The third-order valence-electron chi connectivity index (χ3n) is 4.43. The first-order valence-electron chi connectivity index (χ1n) is 9.36. The minimum Gasteiger partial charge on any atom is -0.456 e. The van der Waals surface area contributed by atoms with Crippen molar-refractivity contribution in [3.05, 3.63) is 52.5 Å². The number of ether oxygens (including phenoxy) is 1. The Balaban J connectivity index is 2.22. The van der Waals surface area contributed by atoms with Gasteiger partial charge in [0.15, 0.2) is 9.84 Å². The van der Waals surface area contributed by atoms with E-state index in [1.54, 1.807) is 45.9 Å². The van der Waals surface area contributed by atoms with Gasteiger partial charge in [0, 0.05) is 16.0 Å². The number of fused-ring (bicyclic) bond motifs is 1. The van der Waals surface area contributed by atoms with Gasteiger partial charge in [-0.15, -0.1) is 11.3 Å². The van der Waals surface area contributed by atoms with E-state index in [2.05, 4.69) is 0 Å². The van der Waals surface area contributed by atoms with Crippen LogP contribution in [0.3, 0.4) is 0 Å². The van der Waals surface area contributed by atoms with Crippen LogP contribution in [0.2, 0.25) is 5.02 Å². The number of nitrogens with zero attached hydrogens (tertiary/aromatic N) is 1. The highest BCUT2D eigenvalue weighted by Gasteiger charge is 2.28. The fourth-order valence-electron chi connectivity index (χ4n) is 3.08. The Hall–Kier alpha value is -1.98.